The molecule has 1 saturated carbocycles. The van der Waals surface area contributed by atoms with Crippen LogP contribution in [0.15, 0.2) is 24.4 Å². The highest BCUT2D eigenvalue weighted by atomic mass is 19.1. The summed E-state index contributed by atoms with van der Waals surface area (Å²) in [5.74, 6) is -0.344. The maximum Gasteiger partial charge on any atom is 0.258 e. The van der Waals surface area contributed by atoms with Gasteiger partial charge in [-0.15, -0.1) is 0 Å². The number of nitrogens with two attached hydrogens (primary N) is 1. The topological polar surface area (TPSA) is 91.5 Å². The second kappa shape index (κ2) is 5.95. The summed E-state index contributed by atoms with van der Waals surface area (Å²) < 4.78 is 15.2. The zero-order chi connectivity index (χ0) is 18.5. The molecule has 1 aromatic heterocycles. The number of aliphatic hydroxyl groups is 1. The van der Waals surface area contributed by atoms with Gasteiger partial charge in [0, 0.05) is 54.1 Å². The molecule has 2 heterocycles. The molecule has 0 radical (unpaired) electrons. The maximum absolute atomic E-state index is 15.2. The molecule has 1 aliphatic heterocycles. The van der Waals surface area contributed by atoms with Gasteiger partial charge in [-0.3, -0.25) is 4.79 Å². The minimum Gasteiger partial charge on any atom is -0.398 e. The van der Waals surface area contributed by atoms with E-state index in [0.29, 0.717) is 11.1 Å². The van der Waals surface area contributed by atoms with E-state index in [9.17, 15) is 4.79 Å². The molecule has 0 bridgehead atoms. The Morgan fingerprint density at radius 3 is 2.92 bits per heavy atom. The van der Waals surface area contributed by atoms with Gasteiger partial charge in [0.15, 0.2) is 0 Å². The number of amides is 1. The molecule has 26 heavy (non-hydrogen) atoms. The highest BCUT2D eigenvalue weighted by Crippen LogP contribution is 2.54. The van der Waals surface area contributed by atoms with Gasteiger partial charge in [-0.25, -0.2) is 9.37 Å². The number of aliphatic hydroxyl groups excluding tert-OH is 1. The van der Waals surface area contributed by atoms with Crippen LogP contribution in [-0.4, -0.2) is 47.6 Å². The summed E-state index contributed by atoms with van der Waals surface area (Å²) in [6.45, 7) is 0.780. The third-order valence-corrected chi connectivity index (χ3v) is 5.39. The van der Waals surface area contributed by atoms with E-state index in [1.807, 2.05) is 6.07 Å². The van der Waals surface area contributed by atoms with Crippen LogP contribution in [0.25, 0.3) is 11.1 Å². The van der Waals surface area contributed by atoms with Crippen LogP contribution >= 0.6 is 0 Å². The molecule has 2 aromatic rings. The van der Waals surface area contributed by atoms with Gasteiger partial charge in [0.1, 0.15) is 11.6 Å². The number of benzene rings is 1. The molecule has 1 aliphatic carbocycles. The first-order chi connectivity index (χ1) is 12.5. The molecule has 136 valence electrons. The van der Waals surface area contributed by atoms with Crippen molar-refractivity contribution in [3.05, 3.63) is 41.3 Å². The number of fused-ring (bicyclic) bond motifs is 2. The average molecular weight is 356 g/mol. The number of nitrogens with zero attached hydrogens (tertiary/aromatic N) is 2. The maximum atomic E-state index is 15.2. The Labute approximate surface area is 150 Å². The van der Waals surface area contributed by atoms with Gasteiger partial charge >= 0.3 is 0 Å². The first-order valence-electron chi connectivity index (χ1n) is 8.66. The summed E-state index contributed by atoms with van der Waals surface area (Å²) in [4.78, 5) is 18.2. The van der Waals surface area contributed by atoms with Crippen molar-refractivity contribution in [2.24, 2.45) is 0 Å². The van der Waals surface area contributed by atoms with Gasteiger partial charge in [0.25, 0.3) is 5.91 Å². The van der Waals surface area contributed by atoms with Gasteiger partial charge in [-0.05, 0) is 31.0 Å². The Morgan fingerprint density at radius 1 is 1.46 bits per heavy atom. The molecule has 0 unspecified atom stereocenters. The van der Waals surface area contributed by atoms with Crippen molar-refractivity contribution in [1.29, 1.82) is 0 Å². The van der Waals surface area contributed by atoms with Crippen molar-refractivity contribution in [1.82, 2.24) is 9.88 Å². The van der Waals surface area contributed by atoms with E-state index < -0.39 is 11.7 Å². The molecule has 1 aromatic carbocycles. The summed E-state index contributed by atoms with van der Waals surface area (Å²) in [5.41, 5.74) is 7.98. The first kappa shape index (κ1) is 16.8. The second-order valence-corrected chi connectivity index (χ2v) is 7.10. The molecule has 1 spiro atoms. The van der Waals surface area contributed by atoms with Crippen molar-refractivity contribution >= 4 is 17.4 Å². The summed E-state index contributed by atoms with van der Waals surface area (Å²) in [6, 6.07) is 5.09. The molecule has 4 N–H and O–H groups in total. The fraction of sp³-hybridized carbons (Fsp3) is 0.368. The number of carbonyl (C=O) groups is 1. The largest absolute Gasteiger partial charge is 0.398 e. The zero-order valence-corrected chi connectivity index (χ0v) is 14.6. The number of nitrogens with one attached hydrogen (secondary N) is 1. The molecular formula is C19H21FN4O2. The van der Waals surface area contributed by atoms with Crippen LogP contribution < -0.4 is 11.1 Å². The molecule has 7 heteroatoms. The Kier molecular flexibility index (Phi) is 3.84. The number of rotatable bonds is 4. The van der Waals surface area contributed by atoms with E-state index in [1.165, 1.54) is 18.0 Å². The smallest absolute Gasteiger partial charge is 0.258 e. The first-order valence-corrected chi connectivity index (χ1v) is 8.66. The summed E-state index contributed by atoms with van der Waals surface area (Å²) in [5, 5.41) is 12.3. The van der Waals surface area contributed by atoms with Crippen LogP contribution in [0.4, 0.5) is 15.9 Å². The zero-order valence-electron chi connectivity index (χ0n) is 14.6. The van der Waals surface area contributed by atoms with Gasteiger partial charge < -0.3 is 21.1 Å². The predicted octanol–water partition coefficient (Wildman–Crippen LogP) is 1.99. The van der Waals surface area contributed by atoms with Crippen molar-refractivity contribution in [3.8, 4) is 11.1 Å². The third-order valence-electron chi connectivity index (χ3n) is 5.39. The number of carbonyl (C=O) groups excluding carboxylic acids is 1. The monoisotopic (exact) mass is 356 g/mol. The van der Waals surface area contributed by atoms with Crippen LogP contribution in [0.3, 0.4) is 0 Å². The minimum atomic E-state index is -0.655. The molecule has 2 aliphatic rings. The number of pyridine rings is 1. The van der Waals surface area contributed by atoms with Crippen LogP contribution in [0.1, 0.15) is 28.8 Å². The molecule has 1 fully saturated rings. The number of nitrogen functional groups attached to an aromatic ring is 1. The van der Waals surface area contributed by atoms with Crippen LogP contribution in [0.2, 0.25) is 0 Å². The summed E-state index contributed by atoms with van der Waals surface area (Å²) >= 11 is 0. The lowest BCUT2D eigenvalue weighted by Gasteiger charge is -2.18. The predicted molar refractivity (Wildman–Crippen MR) is 97.5 cm³/mol. The lowest BCUT2D eigenvalue weighted by Crippen LogP contribution is -2.31. The van der Waals surface area contributed by atoms with E-state index in [4.69, 9.17) is 10.8 Å². The molecule has 0 atom stereocenters. The average Bonchev–Trinajstić information content (AvgIpc) is 3.32. The quantitative estimate of drug-likeness (QED) is 0.729. The fourth-order valence-corrected chi connectivity index (χ4v) is 3.58. The van der Waals surface area contributed by atoms with Crippen LogP contribution in [0.5, 0.6) is 0 Å². The SMILES string of the molecule is CN(CCO)C(=O)c1c(N)ccc(-c2cnc3c(c2)C2(CC2)CN3)c1F. The van der Waals surface area contributed by atoms with Crippen LogP contribution in [-0.2, 0) is 5.41 Å². The summed E-state index contributed by atoms with van der Waals surface area (Å²) in [7, 11) is 1.50. The Balaban J connectivity index is 1.77. The van der Waals surface area contributed by atoms with Gasteiger partial charge in [-0.1, -0.05) is 0 Å². The number of aromatic nitrogens is 1. The van der Waals surface area contributed by atoms with E-state index in [0.717, 1.165) is 30.8 Å². The second-order valence-electron chi connectivity index (χ2n) is 7.10. The molecule has 0 saturated heterocycles. The van der Waals surface area contributed by atoms with Crippen LogP contribution in [0, 0.1) is 5.82 Å². The van der Waals surface area contributed by atoms with Crippen molar-refractivity contribution in [3.63, 3.8) is 0 Å². The highest BCUT2D eigenvalue weighted by molar-refractivity contribution is 6.00. The lowest BCUT2D eigenvalue weighted by molar-refractivity contribution is 0.0763. The molecule has 1 amide bonds. The van der Waals surface area contributed by atoms with Crippen molar-refractivity contribution in [2.45, 2.75) is 18.3 Å². The standard InChI is InChI=1S/C19H21FN4O2/c1-24(6-7-25)18(26)15-14(21)3-2-12(16(15)20)11-8-13-17(22-9-11)23-10-19(13)4-5-19/h2-3,8-9,25H,4-7,10,21H2,1H3,(H,22,23). The fourth-order valence-electron chi connectivity index (χ4n) is 3.58. The highest BCUT2D eigenvalue weighted by Gasteiger charge is 2.49. The number of anilines is 2. The van der Waals surface area contributed by atoms with Crippen molar-refractivity contribution in [2.75, 3.05) is 37.8 Å². The van der Waals surface area contributed by atoms with E-state index >= 15 is 4.39 Å². The van der Waals surface area contributed by atoms with Crippen molar-refractivity contribution < 1.29 is 14.3 Å². The molecule has 4 rings (SSSR count). The Morgan fingerprint density at radius 2 is 2.23 bits per heavy atom. The number of hydrogen-bond acceptors (Lipinski definition) is 5. The number of hydrogen-bond donors (Lipinski definition) is 3. The van der Waals surface area contributed by atoms with Gasteiger partial charge in [-0.2, -0.15) is 0 Å². The number of likely N-dealkylation sites (N-methyl/N-ethyl adjacent to an activating group) is 1. The number of halogens is 1. The third kappa shape index (κ3) is 2.50. The Hall–Kier alpha value is -2.67. The minimum absolute atomic E-state index is 0.0792. The van der Waals surface area contributed by atoms with Gasteiger partial charge in [0.2, 0.25) is 0 Å². The normalized spacial score (nSPS) is 16.3. The van der Waals surface area contributed by atoms with E-state index in [1.54, 1.807) is 12.3 Å². The molecular weight excluding hydrogens is 335 g/mol. The van der Waals surface area contributed by atoms with E-state index in [-0.39, 0.29) is 29.8 Å². The van der Waals surface area contributed by atoms with E-state index in [2.05, 4.69) is 10.3 Å². The van der Waals surface area contributed by atoms with Gasteiger partial charge in [0.05, 0.1) is 12.2 Å². The summed E-state index contributed by atoms with van der Waals surface area (Å²) in [6.07, 6.45) is 3.84. The molecule has 6 nitrogen and oxygen atoms in total. The lowest BCUT2D eigenvalue weighted by atomic mass is 9.95. The Bertz CT molecular complexity index is 895.